The lowest BCUT2D eigenvalue weighted by Crippen LogP contribution is -2.17. The second kappa shape index (κ2) is 5.99. The van der Waals surface area contributed by atoms with Crippen molar-refractivity contribution in [2.45, 2.75) is 32.9 Å². The van der Waals surface area contributed by atoms with Gasteiger partial charge in [-0.1, -0.05) is 6.07 Å². The van der Waals surface area contributed by atoms with Crippen LogP contribution in [0.15, 0.2) is 36.8 Å². The van der Waals surface area contributed by atoms with E-state index in [1.807, 2.05) is 12.5 Å². The van der Waals surface area contributed by atoms with Gasteiger partial charge in [0.1, 0.15) is 0 Å². The fourth-order valence-corrected chi connectivity index (χ4v) is 2.76. The van der Waals surface area contributed by atoms with Crippen LogP contribution in [0.3, 0.4) is 0 Å². The van der Waals surface area contributed by atoms with Crippen molar-refractivity contribution >= 4 is 11.4 Å². The van der Waals surface area contributed by atoms with Gasteiger partial charge in [0.2, 0.25) is 0 Å². The molecule has 0 aliphatic carbocycles. The first-order valence-corrected chi connectivity index (χ1v) is 7.44. The van der Waals surface area contributed by atoms with Gasteiger partial charge in [0, 0.05) is 37.2 Å². The highest BCUT2D eigenvalue weighted by Crippen LogP contribution is 2.23. The molecule has 1 aromatic carbocycles. The Morgan fingerprint density at radius 3 is 2.90 bits per heavy atom. The Morgan fingerprint density at radius 1 is 1.25 bits per heavy atom. The standard InChI is InChI=1S/C16H22N4/c1-2-19-13-17-11-16(19)12-18-14-6-5-7-15(10-14)20-8-3-4-9-20/h5-7,10-11,13,18H,2-4,8-9,12H2,1H3. The highest BCUT2D eigenvalue weighted by Gasteiger charge is 2.12. The van der Waals surface area contributed by atoms with Crippen LogP contribution in [0.4, 0.5) is 11.4 Å². The summed E-state index contributed by atoms with van der Waals surface area (Å²) in [7, 11) is 0. The van der Waals surface area contributed by atoms with Crippen molar-refractivity contribution < 1.29 is 0 Å². The van der Waals surface area contributed by atoms with E-state index in [0.29, 0.717) is 0 Å². The third-order valence-electron chi connectivity index (χ3n) is 3.93. The molecule has 4 heteroatoms. The van der Waals surface area contributed by atoms with Gasteiger partial charge in [-0.05, 0) is 38.0 Å². The van der Waals surface area contributed by atoms with Gasteiger partial charge in [0.25, 0.3) is 0 Å². The highest BCUT2D eigenvalue weighted by atomic mass is 15.1. The Bertz CT molecular complexity index is 555. The van der Waals surface area contributed by atoms with Gasteiger partial charge >= 0.3 is 0 Å². The number of aryl methyl sites for hydroxylation is 1. The number of hydrogen-bond donors (Lipinski definition) is 1. The molecule has 20 heavy (non-hydrogen) atoms. The molecular formula is C16H22N4. The quantitative estimate of drug-likeness (QED) is 0.906. The molecule has 1 aliphatic rings. The number of aromatic nitrogens is 2. The molecule has 0 amide bonds. The van der Waals surface area contributed by atoms with Gasteiger partial charge in [0.05, 0.1) is 18.6 Å². The Labute approximate surface area is 120 Å². The minimum atomic E-state index is 0.817. The number of benzene rings is 1. The van der Waals surface area contributed by atoms with E-state index in [2.05, 4.69) is 51.0 Å². The summed E-state index contributed by atoms with van der Waals surface area (Å²) in [6.07, 6.45) is 6.44. The molecule has 0 bridgehead atoms. The van der Waals surface area contributed by atoms with Crippen LogP contribution in [0.5, 0.6) is 0 Å². The minimum Gasteiger partial charge on any atom is -0.379 e. The van der Waals surface area contributed by atoms with E-state index >= 15 is 0 Å². The summed E-state index contributed by atoms with van der Waals surface area (Å²) in [6.45, 7) is 6.29. The normalized spacial score (nSPS) is 14.8. The largest absolute Gasteiger partial charge is 0.379 e. The highest BCUT2D eigenvalue weighted by molar-refractivity contribution is 5.58. The van der Waals surface area contributed by atoms with Crippen molar-refractivity contribution in [1.29, 1.82) is 0 Å². The van der Waals surface area contributed by atoms with Crippen molar-refractivity contribution in [2.24, 2.45) is 0 Å². The molecule has 0 atom stereocenters. The van der Waals surface area contributed by atoms with Crippen LogP contribution in [0, 0.1) is 0 Å². The smallest absolute Gasteiger partial charge is 0.0948 e. The zero-order valence-corrected chi connectivity index (χ0v) is 12.0. The van der Waals surface area contributed by atoms with Gasteiger partial charge in [-0.15, -0.1) is 0 Å². The first-order valence-electron chi connectivity index (χ1n) is 7.44. The van der Waals surface area contributed by atoms with Crippen molar-refractivity contribution in [3.63, 3.8) is 0 Å². The van der Waals surface area contributed by atoms with E-state index in [1.165, 1.54) is 43.0 Å². The summed E-state index contributed by atoms with van der Waals surface area (Å²) in [5.41, 5.74) is 3.73. The molecule has 0 radical (unpaired) electrons. The van der Waals surface area contributed by atoms with E-state index in [-0.39, 0.29) is 0 Å². The van der Waals surface area contributed by atoms with E-state index in [9.17, 15) is 0 Å². The number of nitrogens with zero attached hydrogens (tertiary/aromatic N) is 3. The van der Waals surface area contributed by atoms with Crippen molar-refractivity contribution in [3.05, 3.63) is 42.5 Å². The molecule has 1 saturated heterocycles. The van der Waals surface area contributed by atoms with E-state index in [0.717, 1.165) is 13.1 Å². The molecule has 4 nitrogen and oxygen atoms in total. The average molecular weight is 270 g/mol. The molecular weight excluding hydrogens is 248 g/mol. The molecule has 2 heterocycles. The monoisotopic (exact) mass is 270 g/mol. The molecule has 1 fully saturated rings. The molecule has 1 aliphatic heterocycles. The van der Waals surface area contributed by atoms with Crippen LogP contribution in [-0.4, -0.2) is 22.6 Å². The zero-order valence-electron chi connectivity index (χ0n) is 12.0. The van der Waals surface area contributed by atoms with Gasteiger partial charge in [0.15, 0.2) is 0 Å². The molecule has 0 unspecified atom stereocenters. The second-order valence-electron chi connectivity index (χ2n) is 5.27. The Morgan fingerprint density at radius 2 is 2.10 bits per heavy atom. The molecule has 1 aromatic heterocycles. The lowest BCUT2D eigenvalue weighted by Gasteiger charge is -2.18. The zero-order chi connectivity index (χ0) is 13.8. The third-order valence-corrected chi connectivity index (χ3v) is 3.93. The van der Waals surface area contributed by atoms with Crippen LogP contribution in [0.25, 0.3) is 0 Å². The van der Waals surface area contributed by atoms with Gasteiger partial charge in [-0.25, -0.2) is 4.98 Å². The molecule has 0 saturated carbocycles. The van der Waals surface area contributed by atoms with Crippen molar-refractivity contribution in [2.75, 3.05) is 23.3 Å². The third kappa shape index (κ3) is 2.79. The maximum absolute atomic E-state index is 4.20. The van der Waals surface area contributed by atoms with E-state index in [1.54, 1.807) is 0 Å². The first-order chi connectivity index (χ1) is 9.86. The topological polar surface area (TPSA) is 33.1 Å². The average Bonchev–Trinajstić information content (AvgIpc) is 3.16. The number of imidazole rings is 1. The maximum atomic E-state index is 4.20. The predicted octanol–water partition coefficient (Wildman–Crippen LogP) is 3.12. The van der Waals surface area contributed by atoms with Gasteiger partial charge < -0.3 is 14.8 Å². The van der Waals surface area contributed by atoms with Crippen LogP contribution in [0.1, 0.15) is 25.5 Å². The molecule has 1 N–H and O–H groups in total. The van der Waals surface area contributed by atoms with Crippen LogP contribution < -0.4 is 10.2 Å². The SMILES string of the molecule is CCn1cncc1CNc1cccc(N2CCCC2)c1. The summed E-state index contributed by atoms with van der Waals surface area (Å²) in [5.74, 6) is 0. The van der Waals surface area contributed by atoms with Crippen LogP contribution in [-0.2, 0) is 13.1 Å². The lowest BCUT2D eigenvalue weighted by atomic mass is 10.2. The molecule has 106 valence electrons. The summed E-state index contributed by atoms with van der Waals surface area (Å²) >= 11 is 0. The summed E-state index contributed by atoms with van der Waals surface area (Å²) in [4.78, 5) is 6.66. The fourth-order valence-electron chi connectivity index (χ4n) is 2.76. The molecule has 2 aromatic rings. The summed E-state index contributed by atoms with van der Waals surface area (Å²) in [6, 6.07) is 8.71. The number of rotatable bonds is 5. The minimum absolute atomic E-state index is 0.817. The Balaban J connectivity index is 1.67. The first kappa shape index (κ1) is 13.0. The maximum Gasteiger partial charge on any atom is 0.0948 e. The lowest BCUT2D eigenvalue weighted by molar-refractivity contribution is 0.719. The second-order valence-corrected chi connectivity index (χ2v) is 5.27. The Hall–Kier alpha value is -1.97. The fraction of sp³-hybridized carbons (Fsp3) is 0.438. The predicted molar refractivity (Wildman–Crippen MR) is 83.1 cm³/mol. The number of anilines is 2. The van der Waals surface area contributed by atoms with E-state index < -0.39 is 0 Å². The molecule has 3 rings (SSSR count). The molecule has 0 spiro atoms. The van der Waals surface area contributed by atoms with Crippen LogP contribution >= 0.6 is 0 Å². The van der Waals surface area contributed by atoms with Crippen LogP contribution in [0.2, 0.25) is 0 Å². The van der Waals surface area contributed by atoms with Gasteiger partial charge in [-0.2, -0.15) is 0 Å². The van der Waals surface area contributed by atoms with E-state index in [4.69, 9.17) is 0 Å². The summed E-state index contributed by atoms with van der Waals surface area (Å²) < 4.78 is 2.16. The van der Waals surface area contributed by atoms with Gasteiger partial charge in [-0.3, -0.25) is 0 Å². The van der Waals surface area contributed by atoms with Crippen molar-refractivity contribution in [1.82, 2.24) is 9.55 Å². The Kier molecular flexibility index (Phi) is 3.90. The number of hydrogen-bond acceptors (Lipinski definition) is 3. The summed E-state index contributed by atoms with van der Waals surface area (Å²) in [5, 5.41) is 3.50. The number of nitrogens with one attached hydrogen (secondary N) is 1. The van der Waals surface area contributed by atoms with Crippen molar-refractivity contribution in [3.8, 4) is 0 Å².